The number of aliphatic hydroxyl groups is 1. The molecule has 16 heavy (non-hydrogen) atoms. The molecule has 0 bridgehead atoms. The monoisotopic (exact) mass is 274 g/mol. The third-order valence-corrected chi connectivity index (χ3v) is 3.86. The lowest BCUT2D eigenvalue weighted by Crippen LogP contribution is -2.43. The predicted molar refractivity (Wildman–Crippen MR) is 58.2 cm³/mol. The van der Waals surface area contributed by atoms with Crippen LogP contribution in [0.25, 0.3) is 0 Å². The van der Waals surface area contributed by atoms with Crippen molar-refractivity contribution in [3.63, 3.8) is 0 Å². The Balaban J connectivity index is 4.09. The van der Waals surface area contributed by atoms with Crippen LogP contribution in [-0.4, -0.2) is 71.2 Å². The highest BCUT2D eigenvalue weighted by Crippen LogP contribution is 1.93. The van der Waals surface area contributed by atoms with Crippen LogP contribution in [0.15, 0.2) is 0 Å². The molecule has 2 atom stereocenters. The largest absolute Gasteiger partial charge is 0.760 e. The molecular formula is C6H16N3O5S2-. The Hall–Kier alpha value is -0.100. The van der Waals surface area contributed by atoms with E-state index in [0.29, 0.717) is 0 Å². The molecule has 0 radical (unpaired) electrons. The summed E-state index contributed by atoms with van der Waals surface area (Å²) in [5, 5.41) is 9.35. The number of nitrogens with one attached hydrogen (secondary N) is 1. The molecular weight excluding hydrogens is 258 g/mol. The molecule has 0 saturated carbocycles. The second-order valence-electron chi connectivity index (χ2n) is 3.32. The SMILES string of the molecule is CN(C[C@@H](O)CNS(=O)(=O)N(C)C)S(=O)[O-]. The van der Waals surface area contributed by atoms with Crippen molar-refractivity contribution >= 4 is 21.5 Å². The smallest absolute Gasteiger partial charge is 0.279 e. The highest BCUT2D eigenvalue weighted by Gasteiger charge is 2.16. The number of hydrogen-bond donors (Lipinski definition) is 2. The third kappa shape index (κ3) is 5.84. The maximum Gasteiger partial charge on any atom is 0.279 e. The highest BCUT2D eigenvalue weighted by molar-refractivity contribution is 7.87. The molecule has 0 saturated heterocycles. The Kier molecular flexibility index (Phi) is 6.55. The zero-order chi connectivity index (χ0) is 12.9. The van der Waals surface area contributed by atoms with Crippen LogP contribution in [0.5, 0.6) is 0 Å². The molecule has 0 spiro atoms. The molecule has 0 heterocycles. The van der Waals surface area contributed by atoms with E-state index >= 15 is 0 Å². The van der Waals surface area contributed by atoms with E-state index in [1.54, 1.807) is 0 Å². The van der Waals surface area contributed by atoms with Crippen molar-refractivity contribution in [1.82, 2.24) is 13.3 Å². The van der Waals surface area contributed by atoms with Gasteiger partial charge in [-0.25, -0.2) is 4.31 Å². The number of hydrogen-bond acceptors (Lipinski definition) is 5. The van der Waals surface area contributed by atoms with Crippen LogP contribution in [0, 0.1) is 0 Å². The number of rotatable bonds is 7. The molecule has 0 amide bonds. The van der Waals surface area contributed by atoms with Crippen molar-refractivity contribution in [3.05, 3.63) is 0 Å². The van der Waals surface area contributed by atoms with E-state index < -0.39 is 27.6 Å². The van der Waals surface area contributed by atoms with Crippen LogP contribution in [0.4, 0.5) is 0 Å². The minimum absolute atomic E-state index is 0.175. The zero-order valence-electron chi connectivity index (χ0n) is 9.28. The Bertz CT molecular complexity index is 331. The molecule has 0 aliphatic rings. The number of likely N-dealkylation sites (N-methyl/N-ethyl adjacent to an activating group) is 1. The average molecular weight is 274 g/mol. The highest BCUT2D eigenvalue weighted by atomic mass is 32.2. The topological polar surface area (TPSA) is 113 Å². The molecule has 0 aromatic carbocycles. The summed E-state index contributed by atoms with van der Waals surface area (Å²) < 4.78 is 47.2. The Morgan fingerprint density at radius 2 is 1.94 bits per heavy atom. The van der Waals surface area contributed by atoms with Gasteiger partial charge in [0.15, 0.2) is 0 Å². The minimum Gasteiger partial charge on any atom is -0.760 e. The summed E-state index contributed by atoms with van der Waals surface area (Å²) in [7, 11) is 0.354. The van der Waals surface area contributed by atoms with Crippen LogP contribution >= 0.6 is 0 Å². The Morgan fingerprint density at radius 3 is 2.31 bits per heavy atom. The van der Waals surface area contributed by atoms with Gasteiger partial charge in [0, 0.05) is 38.5 Å². The van der Waals surface area contributed by atoms with E-state index in [1.807, 2.05) is 0 Å². The molecule has 98 valence electrons. The molecule has 0 rings (SSSR count). The number of aliphatic hydroxyl groups excluding tert-OH is 1. The van der Waals surface area contributed by atoms with Gasteiger partial charge < -0.3 is 9.66 Å². The second kappa shape index (κ2) is 6.59. The fourth-order valence-corrected chi connectivity index (χ4v) is 1.71. The standard InChI is InChI=1S/C6H17N3O5S2/c1-8(2)16(13,14)7-4-6(10)5-9(3)15(11)12/h6-7,10H,4-5H2,1-3H3,(H,11,12)/p-1/t6-/m0/s1. The summed E-state index contributed by atoms with van der Waals surface area (Å²) in [5.74, 6) is 0. The molecule has 1 unspecified atom stereocenters. The molecule has 0 aliphatic heterocycles. The van der Waals surface area contributed by atoms with Gasteiger partial charge >= 0.3 is 0 Å². The lowest BCUT2D eigenvalue weighted by Gasteiger charge is -2.22. The Morgan fingerprint density at radius 1 is 1.44 bits per heavy atom. The van der Waals surface area contributed by atoms with E-state index in [2.05, 4.69) is 4.72 Å². The minimum atomic E-state index is -3.60. The van der Waals surface area contributed by atoms with Gasteiger partial charge in [0.05, 0.1) is 6.10 Å². The molecule has 8 nitrogen and oxygen atoms in total. The van der Waals surface area contributed by atoms with Crippen LogP contribution in [0.3, 0.4) is 0 Å². The molecule has 2 N–H and O–H groups in total. The fraction of sp³-hybridized carbons (Fsp3) is 1.00. The molecule has 0 fully saturated rings. The normalized spacial score (nSPS) is 16.7. The average Bonchev–Trinajstić information content (AvgIpc) is 2.14. The molecule has 10 heteroatoms. The molecule has 0 aromatic heterocycles. The van der Waals surface area contributed by atoms with Crippen molar-refractivity contribution in [2.75, 3.05) is 34.2 Å². The lowest BCUT2D eigenvalue weighted by atomic mass is 10.4. The fourth-order valence-electron chi connectivity index (χ4n) is 0.753. The first-order valence-electron chi connectivity index (χ1n) is 4.32. The second-order valence-corrected chi connectivity index (χ2v) is 6.34. The van der Waals surface area contributed by atoms with Gasteiger partial charge in [-0.05, 0) is 7.05 Å². The van der Waals surface area contributed by atoms with Crippen LogP contribution in [0.2, 0.25) is 0 Å². The summed E-state index contributed by atoms with van der Waals surface area (Å²) >= 11 is -2.43. The summed E-state index contributed by atoms with van der Waals surface area (Å²) in [6.07, 6.45) is -1.10. The molecule has 0 aliphatic carbocycles. The van der Waals surface area contributed by atoms with Gasteiger partial charge in [-0.15, -0.1) is 0 Å². The van der Waals surface area contributed by atoms with Crippen molar-refractivity contribution in [3.8, 4) is 0 Å². The summed E-state index contributed by atoms with van der Waals surface area (Å²) in [6.45, 7) is -0.423. The molecule has 0 aromatic rings. The van der Waals surface area contributed by atoms with E-state index in [4.69, 9.17) is 0 Å². The number of nitrogens with zero attached hydrogens (tertiary/aromatic N) is 2. The van der Waals surface area contributed by atoms with Crippen molar-refractivity contribution in [1.29, 1.82) is 0 Å². The van der Waals surface area contributed by atoms with Crippen LogP contribution in [-0.2, 0) is 21.5 Å². The van der Waals surface area contributed by atoms with Gasteiger partial charge in [-0.2, -0.15) is 17.4 Å². The van der Waals surface area contributed by atoms with Gasteiger partial charge in [0.25, 0.3) is 10.2 Å². The van der Waals surface area contributed by atoms with E-state index in [9.17, 15) is 22.3 Å². The van der Waals surface area contributed by atoms with Crippen molar-refractivity contribution < 1.29 is 22.3 Å². The maximum atomic E-state index is 11.2. The summed E-state index contributed by atoms with van der Waals surface area (Å²) in [5.41, 5.74) is 0. The zero-order valence-corrected chi connectivity index (χ0v) is 10.9. The first-order chi connectivity index (χ1) is 7.16. The van der Waals surface area contributed by atoms with Gasteiger partial charge in [-0.3, -0.25) is 4.21 Å². The van der Waals surface area contributed by atoms with Crippen LogP contribution in [0.1, 0.15) is 0 Å². The quantitative estimate of drug-likeness (QED) is 0.497. The van der Waals surface area contributed by atoms with Crippen molar-refractivity contribution in [2.24, 2.45) is 0 Å². The Labute approximate surface area is 97.8 Å². The third-order valence-electron chi connectivity index (χ3n) is 1.70. The van der Waals surface area contributed by atoms with Gasteiger partial charge in [-0.1, -0.05) is 0 Å². The van der Waals surface area contributed by atoms with E-state index in [-0.39, 0.29) is 13.1 Å². The van der Waals surface area contributed by atoms with Gasteiger partial charge in [0.2, 0.25) is 0 Å². The maximum absolute atomic E-state index is 11.2. The van der Waals surface area contributed by atoms with Crippen molar-refractivity contribution in [2.45, 2.75) is 6.10 Å². The van der Waals surface area contributed by atoms with E-state index in [1.165, 1.54) is 21.1 Å². The predicted octanol–water partition coefficient (Wildman–Crippen LogP) is -2.53. The van der Waals surface area contributed by atoms with E-state index in [0.717, 1.165) is 8.61 Å². The first kappa shape index (κ1) is 15.9. The first-order valence-corrected chi connectivity index (χ1v) is 6.79. The van der Waals surface area contributed by atoms with Crippen LogP contribution < -0.4 is 4.72 Å². The van der Waals surface area contributed by atoms with Gasteiger partial charge in [0.1, 0.15) is 0 Å². The summed E-state index contributed by atoms with van der Waals surface area (Å²) in [6, 6.07) is 0. The summed E-state index contributed by atoms with van der Waals surface area (Å²) in [4.78, 5) is 0. The lowest BCUT2D eigenvalue weighted by molar-refractivity contribution is 0.155.